The van der Waals surface area contributed by atoms with Crippen LogP contribution in [0, 0.1) is 0 Å². The molecule has 0 aliphatic carbocycles. The predicted octanol–water partition coefficient (Wildman–Crippen LogP) is 0.874. The van der Waals surface area contributed by atoms with Gasteiger partial charge in [0.15, 0.2) is 5.78 Å². The summed E-state index contributed by atoms with van der Waals surface area (Å²) in [7, 11) is 0. The number of hydrogen-bond acceptors (Lipinski definition) is 4. The summed E-state index contributed by atoms with van der Waals surface area (Å²) in [4.78, 5) is 23.9. The number of hydrogen-bond donors (Lipinski definition) is 0. The van der Waals surface area contributed by atoms with E-state index in [1.807, 2.05) is 0 Å². The van der Waals surface area contributed by atoms with E-state index in [0.717, 1.165) is 0 Å². The van der Waals surface area contributed by atoms with E-state index in [1.165, 1.54) is 6.08 Å². The van der Waals surface area contributed by atoms with Gasteiger partial charge in [0.2, 0.25) is 6.08 Å². The Labute approximate surface area is 77.3 Å². The first-order valence-electron chi connectivity index (χ1n) is 3.98. The second kappa shape index (κ2) is 7.40. The zero-order chi connectivity index (χ0) is 10.1. The van der Waals surface area contributed by atoms with Crippen molar-refractivity contribution in [2.24, 2.45) is 4.99 Å². The van der Waals surface area contributed by atoms with Gasteiger partial charge < -0.3 is 4.74 Å². The van der Waals surface area contributed by atoms with Crippen molar-refractivity contribution < 1.29 is 14.3 Å². The molecule has 0 fully saturated rings. The summed E-state index contributed by atoms with van der Waals surface area (Å²) >= 11 is 0. The van der Waals surface area contributed by atoms with Gasteiger partial charge in [-0.15, -0.1) is 0 Å². The molecule has 0 atom stereocenters. The van der Waals surface area contributed by atoms with Gasteiger partial charge in [-0.25, -0.2) is 9.79 Å². The lowest BCUT2D eigenvalue weighted by Crippen LogP contribution is -2.06. The average Bonchev–Trinajstić information content (AvgIpc) is 2.10. The number of nitrogens with zero attached hydrogens (tertiary/aromatic N) is 1. The van der Waals surface area contributed by atoms with Crippen LogP contribution in [0.1, 0.15) is 13.3 Å². The maximum absolute atomic E-state index is 11.0. The van der Waals surface area contributed by atoms with Crippen molar-refractivity contribution in [1.29, 1.82) is 0 Å². The SMILES string of the molecule is C=C(C)C(=O)CCOCCN=C=O. The number of ether oxygens (including phenoxy) is 1. The third kappa shape index (κ3) is 7.12. The molecule has 0 heterocycles. The molecular weight excluding hydrogens is 170 g/mol. The van der Waals surface area contributed by atoms with Crippen LogP contribution in [0.4, 0.5) is 0 Å². The fourth-order valence-electron chi connectivity index (χ4n) is 0.636. The Morgan fingerprint density at radius 2 is 2.23 bits per heavy atom. The van der Waals surface area contributed by atoms with E-state index in [2.05, 4.69) is 11.6 Å². The highest BCUT2D eigenvalue weighted by Crippen LogP contribution is 1.95. The number of Topliss-reactive ketones (excluding diaryl/α,β-unsaturated/α-hetero) is 1. The van der Waals surface area contributed by atoms with Gasteiger partial charge in [-0.2, -0.15) is 0 Å². The van der Waals surface area contributed by atoms with Crippen molar-refractivity contribution in [2.75, 3.05) is 19.8 Å². The predicted molar refractivity (Wildman–Crippen MR) is 48.2 cm³/mol. The first kappa shape index (κ1) is 11.8. The van der Waals surface area contributed by atoms with E-state index < -0.39 is 0 Å². The van der Waals surface area contributed by atoms with Crippen LogP contribution < -0.4 is 0 Å². The fraction of sp³-hybridized carbons (Fsp3) is 0.556. The Morgan fingerprint density at radius 3 is 2.77 bits per heavy atom. The van der Waals surface area contributed by atoms with Crippen molar-refractivity contribution in [2.45, 2.75) is 13.3 Å². The molecule has 0 bridgehead atoms. The van der Waals surface area contributed by atoms with Crippen LogP contribution in [0.25, 0.3) is 0 Å². The van der Waals surface area contributed by atoms with Gasteiger partial charge in [0.05, 0.1) is 19.8 Å². The summed E-state index contributed by atoms with van der Waals surface area (Å²) in [6.07, 6.45) is 1.73. The van der Waals surface area contributed by atoms with Crippen LogP contribution in [-0.2, 0) is 14.3 Å². The maximum Gasteiger partial charge on any atom is 0.235 e. The van der Waals surface area contributed by atoms with Crippen LogP contribution in [0.2, 0.25) is 0 Å². The summed E-state index contributed by atoms with van der Waals surface area (Å²) < 4.78 is 5.02. The molecule has 0 aliphatic rings. The van der Waals surface area contributed by atoms with E-state index in [4.69, 9.17) is 4.74 Å². The third-order valence-corrected chi connectivity index (χ3v) is 1.36. The van der Waals surface area contributed by atoms with Gasteiger partial charge in [-0.1, -0.05) is 6.58 Å². The number of carbonyl (C=O) groups excluding carboxylic acids is 2. The first-order valence-corrected chi connectivity index (χ1v) is 3.98. The topological polar surface area (TPSA) is 55.7 Å². The molecule has 0 saturated carbocycles. The summed E-state index contributed by atoms with van der Waals surface area (Å²) in [5.41, 5.74) is 0.537. The molecule has 4 nitrogen and oxygen atoms in total. The Balaban J connectivity index is 3.30. The molecule has 0 aliphatic heterocycles. The van der Waals surface area contributed by atoms with Crippen LogP contribution in [0.5, 0.6) is 0 Å². The van der Waals surface area contributed by atoms with Crippen LogP contribution in [0.15, 0.2) is 17.1 Å². The van der Waals surface area contributed by atoms with Gasteiger partial charge in [-0.05, 0) is 12.5 Å². The lowest BCUT2D eigenvalue weighted by Gasteiger charge is -2.00. The molecule has 0 N–H and O–H groups in total. The molecule has 0 radical (unpaired) electrons. The molecule has 0 rings (SSSR count). The van der Waals surface area contributed by atoms with Crippen molar-refractivity contribution in [3.63, 3.8) is 0 Å². The quantitative estimate of drug-likeness (QED) is 0.255. The molecule has 0 spiro atoms. The molecule has 4 heteroatoms. The highest BCUT2D eigenvalue weighted by molar-refractivity contribution is 5.94. The second-order valence-electron chi connectivity index (χ2n) is 2.54. The number of allylic oxidation sites excluding steroid dienone is 1. The Hall–Kier alpha value is -1.25. The summed E-state index contributed by atoms with van der Waals surface area (Å²) in [6.45, 7) is 6.16. The lowest BCUT2D eigenvalue weighted by atomic mass is 10.2. The van der Waals surface area contributed by atoms with Crippen LogP contribution >= 0.6 is 0 Å². The molecule has 72 valence electrons. The van der Waals surface area contributed by atoms with Gasteiger partial charge in [0.1, 0.15) is 0 Å². The maximum atomic E-state index is 11.0. The van der Waals surface area contributed by atoms with E-state index in [-0.39, 0.29) is 5.78 Å². The molecule has 0 aromatic heterocycles. The van der Waals surface area contributed by atoms with E-state index in [9.17, 15) is 9.59 Å². The number of ketones is 1. The average molecular weight is 183 g/mol. The molecule has 0 aromatic carbocycles. The van der Waals surface area contributed by atoms with E-state index in [1.54, 1.807) is 6.92 Å². The first-order chi connectivity index (χ1) is 6.18. The smallest absolute Gasteiger partial charge is 0.235 e. The molecule has 0 unspecified atom stereocenters. The number of carbonyl (C=O) groups is 1. The Kier molecular flexibility index (Phi) is 6.69. The van der Waals surface area contributed by atoms with E-state index >= 15 is 0 Å². The highest BCUT2D eigenvalue weighted by atomic mass is 16.5. The lowest BCUT2D eigenvalue weighted by molar-refractivity contribution is -0.116. The molecule has 13 heavy (non-hydrogen) atoms. The molecular formula is C9H13NO3. The van der Waals surface area contributed by atoms with Gasteiger partial charge in [0, 0.05) is 6.42 Å². The zero-order valence-electron chi connectivity index (χ0n) is 7.71. The second-order valence-corrected chi connectivity index (χ2v) is 2.54. The van der Waals surface area contributed by atoms with Gasteiger partial charge in [0.25, 0.3) is 0 Å². The molecule has 0 saturated heterocycles. The van der Waals surface area contributed by atoms with Gasteiger partial charge in [-0.3, -0.25) is 4.79 Å². The van der Waals surface area contributed by atoms with Crippen LogP contribution in [0.3, 0.4) is 0 Å². The fourth-order valence-corrected chi connectivity index (χ4v) is 0.636. The standard InChI is InChI=1S/C9H13NO3/c1-8(2)9(12)3-5-13-6-4-10-7-11/h1,3-6H2,2H3. The minimum absolute atomic E-state index is 0.00103. The number of isocyanates is 1. The highest BCUT2D eigenvalue weighted by Gasteiger charge is 2.00. The number of aliphatic imine (C=N–C) groups is 1. The van der Waals surface area contributed by atoms with Crippen molar-refractivity contribution in [3.05, 3.63) is 12.2 Å². The van der Waals surface area contributed by atoms with Crippen molar-refractivity contribution in [3.8, 4) is 0 Å². The molecule has 0 aromatic rings. The Bertz CT molecular complexity index is 229. The van der Waals surface area contributed by atoms with Crippen LogP contribution in [-0.4, -0.2) is 31.6 Å². The zero-order valence-corrected chi connectivity index (χ0v) is 7.71. The monoisotopic (exact) mass is 183 g/mol. The summed E-state index contributed by atoms with van der Waals surface area (Å²) in [6, 6.07) is 0. The van der Waals surface area contributed by atoms with E-state index in [0.29, 0.717) is 31.8 Å². The van der Waals surface area contributed by atoms with Gasteiger partial charge >= 0.3 is 0 Å². The summed E-state index contributed by atoms with van der Waals surface area (Å²) in [5.74, 6) is -0.00103. The largest absolute Gasteiger partial charge is 0.379 e. The minimum Gasteiger partial charge on any atom is -0.379 e. The minimum atomic E-state index is -0.00103. The normalized spacial score (nSPS) is 9.00. The third-order valence-electron chi connectivity index (χ3n) is 1.36. The van der Waals surface area contributed by atoms with Crippen molar-refractivity contribution >= 4 is 11.9 Å². The van der Waals surface area contributed by atoms with Crippen molar-refractivity contribution in [1.82, 2.24) is 0 Å². The molecule has 0 amide bonds. The summed E-state index contributed by atoms with van der Waals surface area (Å²) in [5, 5.41) is 0. The number of rotatable bonds is 7. The Morgan fingerprint density at radius 1 is 1.54 bits per heavy atom.